The van der Waals surface area contributed by atoms with Crippen molar-refractivity contribution < 1.29 is 51.0 Å². The first-order valence-corrected chi connectivity index (χ1v) is 20.0. The van der Waals surface area contributed by atoms with Gasteiger partial charge in [-0.15, -0.1) is 0 Å². The maximum Gasteiger partial charge on any atom is 0.410 e. The van der Waals surface area contributed by atoms with Crippen LogP contribution < -0.4 is 15.4 Å². The highest BCUT2D eigenvalue weighted by Crippen LogP contribution is 2.48. The molecule has 3 N–H and O–H groups in total. The molecule has 2 saturated carbocycles. The molecule has 3 heterocycles. The lowest BCUT2D eigenvalue weighted by molar-refractivity contribution is -0.141. The number of methoxy groups -OCH3 is 1. The number of hydrogen-bond acceptors (Lipinski definition) is 10. The minimum atomic E-state index is -4.17. The first-order valence-electron chi connectivity index (χ1n) is 18.5. The van der Waals surface area contributed by atoms with Crippen molar-refractivity contribution in [2.24, 2.45) is 5.92 Å². The van der Waals surface area contributed by atoms with Gasteiger partial charge in [0.05, 0.1) is 19.7 Å². The lowest BCUT2D eigenvalue weighted by Crippen LogP contribution is -2.59. The van der Waals surface area contributed by atoms with E-state index in [1.165, 1.54) is 23.0 Å². The molecule has 5 atom stereocenters. The molecule has 1 aromatic rings. The summed E-state index contributed by atoms with van der Waals surface area (Å²) in [7, 11) is -2.78. The predicted octanol–water partition coefficient (Wildman–Crippen LogP) is 3.16. The van der Waals surface area contributed by atoms with Crippen molar-refractivity contribution in [3.05, 3.63) is 47.3 Å². The molecule has 6 rings (SSSR count). The summed E-state index contributed by atoms with van der Waals surface area (Å²) in [5, 5.41) is 5.46. The summed E-state index contributed by atoms with van der Waals surface area (Å²) in [6.07, 6.45) is 4.67. The SMILES string of the molecule is COCC1(S(=O)(=O)NC(=O)[C@@]23C[C@@H]2/C=C\CCCCC[C@H](NC(=O)OC(C)(C)C)C(=O)N2C[C@H](OC(=O)N4Cc5cccc(F)c5C4)C[C@H]2C(=O)N3)CC1. The van der Waals surface area contributed by atoms with Gasteiger partial charge in [-0.25, -0.2) is 22.4 Å². The van der Waals surface area contributed by atoms with E-state index in [1.54, 1.807) is 39.0 Å². The molecule has 3 fully saturated rings. The van der Waals surface area contributed by atoms with Crippen LogP contribution in [-0.4, -0.2) is 102 Å². The van der Waals surface area contributed by atoms with Gasteiger partial charge in [0.2, 0.25) is 21.8 Å². The maximum absolute atomic E-state index is 14.4. The molecule has 5 amide bonds. The highest BCUT2D eigenvalue weighted by atomic mass is 32.2. The molecule has 15 nitrogen and oxygen atoms in total. The number of sulfonamides is 1. The number of nitrogens with one attached hydrogen (secondary N) is 3. The van der Waals surface area contributed by atoms with Crippen molar-refractivity contribution >= 4 is 39.9 Å². The average molecular weight is 776 g/mol. The number of ether oxygens (including phenoxy) is 3. The third kappa shape index (κ3) is 8.36. The van der Waals surface area contributed by atoms with Crippen LogP contribution in [0.5, 0.6) is 0 Å². The second-order valence-corrected chi connectivity index (χ2v) is 18.1. The number of benzene rings is 1. The van der Waals surface area contributed by atoms with Gasteiger partial charge < -0.3 is 29.7 Å². The van der Waals surface area contributed by atoms with Crippen molar-refractivity contribution in [3.63, 3.8) is 0 Å². The summed E-state index contributed by atoms with van der Waals surface area (Å²) >= 11 is 0. The Labute approximate surface area is 314 Å². The number of amides is 5. The number of fused-ring (bicyclic) bond motifs is 3. The van der Waals surface area contributed by atoms with Gasteiger partial charge >= 0.3 is 12.2 Å². The standard InChI is InChI=1S/C37H50FN5O10S/c1-35(2,3)53-33(47)39-28-14-9-7-5-6-8-12-24-18-37(24,32(46)41-54(49,50)36(15-16-36)22-51-4)40-30(44)29-17-25(20-43(29)31(28)45)52-34(48)42-19-23-11-10-13-27(38)26(23)21-42/h8,10-13,24-25,28-29H,5-7,9,14-22H2,1-4H3,(H,39,47)(H,40,44)(H,41,46)/b12-8-/t24-,25+,28-,29-,37+/m0/s1. The average Bonchev–Trinajstić information content (AvgIpc) is 3.91. The molecule has 1 saturated heterocycles. The smallest absolute Gasteiger partial charge is 0.410 e. The molecule has 0 unspecified atom stereocenters. The van der Waals surface area contributed by atoms with Crippen molar-refractivity contribution in [1.82, 2.24) is 25.2 Å². The Balaban J connectivity index is 1.26. The first kappa shape index (κ1) is 39.4. The van der Waals surface area contributed by atoms with Crippen LogP contribution in [0.4, 0.5) is 14.0 Å². The minimum absolute atomic E-state index is 0.0108. The highest BCUT2D eigenvalue weighted by molar-refractivity contribution is 7.91. The molecule has 0 radical (unpaired) electrons. The zero-order valence-corrected chi connectivity index (χ0v) is 32.0. The van der Waals surface area contributed by atoms with Gasteiger partial charge in [-0.3, -0.25) is 24.0 Å². The fourth-order valence-electron chi connectivity index (χ4n) is 7.56. The van der Waals surface area contributed by atoms with Crippen LogP contribution in [0.25, 0.3) is 0 Å². The first-order chi connectivity index (χ1) is 25.5. The number of carbonyl (C=O) groups excluding carboxylic acids is 5. The van der Waals surface area contributed by atoms with E-state index in [4.69, 9.17) is 14.2 Å². The van der Waals surface area contributed by atoms with Gasteiger partial charge in [0.1, 0.15) is 39.9 Å². The number of rotatable bonds is 7. The number of allylic oxidation sites excluding steroid dienone is 1. The van der Waals surface area contributed by atoms with E-state index >= 15 is 0 Å². The third-order valence-electron chi connectivity index (χ3n) is 10.8. The molecule has 54 heavy (non-hydrogen) atoms. The van der Waals surface area contributed by atoms with Crippen molar-refractivity contribution in [2.75, 3.05) is 20.3 Å². The molecule has 0 bridgehead atoms. The Morgan fingerprint density at radius 3 is 2.54 bits per heavy atom. The van der Waals surface area contributed by atoms with Crippen LogP contribution in [0, 0.1) is 11.7 Å². The summed E-state index contributed by atoms with van der Waals surface area (Å²) in [4.78, 5) is 71.4. The fourth-order valence-corrected chi connectivity index (χ4v) is 9.11. The van der Waals surface area contributed by atoms with E-state index < -0.39 is 85.7 Å². The van der Waals surface area contributed by atoms with E-state index in [0.29, 0.717) is 43.2 Å². The fraction of sp³-hybridized carbons (Fsp3) is 0.649. The van der Waals surface area contributed by atoms with Crippen LogP contribution in [-0.2, 0) is 51.7 Å². The highest BCUT2D eigenvalue weighted by Gasteiger charge is 2.64. The summed E-state index contributed by atoms with van der Waals surface area (Å²) in [6.45, 7) is 4.88. The topological polar surface area (TPSA) is 190 Å². The second-order valence-electron chi connectivity index (χ2n) is 16.1. The van der Waals surface area contributed by atoms with Crippen LogP contribution >= 0.6 is 0 Å². The molecule has 17 heteroatoms. The quantitative estimate of drug-likeness (QED) is 0.347. The largest absolute Gasteiger partial charge is 0.444 e. The van der Waals surface area contributed by atoms with Crippen LogP contribution in [0.2, 0.25) is 0 Å². The Kier molecular flexibility index (Phi) is 11.0. The van der Waals surface area contributed by atoms with E-state index in [2.05, 4.69) is 15.4 Å². The van der Waals surface area contributed by atoms with E-state index in [-0.39, 0.29) is 45.5 Å². The van der Waals surface area contributed by atoms with Gasteiger partial charge in [0.25, 0.3) is 5.91 Å². The van der Waals surface area contributed by atoms with Crippen LogP contribution in [0.15, 0.2) is 30.4 Å². The number of halogens is 1. The summed E-state index contributed by atoms with van der Waals surface area (Å²) < 4.78 is 58.6. The summed E-state index contributed by atoms with van der Waals surface area (Å²) in [5.41, 5.74) is -1.44. The van der Waals surface area contributed by atoms with Crippen molar-refractivity contribution in [1.29, 1.82) is 0 Å². The summed E-state index contributed by atoms with van der Waals surface area (Å²) in [6, 6.07) is 2.25. The lowest BCUT2D eigenvalue weighted by Gasteiger charge is -2.30. The molecule has 0 aromatic heterocycles. The van der Waals surface area contributed by atoms with Crippen molar-refractivity contribution in [2.45, 2.75) is 126 Å². The monoisotopic (exact) mass is 775 g/mol. The van der Waals surface area contributed by atoms with Crippen molar-refractivity contribution in [3.8, 4) is 0 Å². The van der Waals surface area contributed by atoms with E-state index in [1.807, 2.05) is 6.08 Å². The zero-order valence-electron chi connectivity index (χ0n) is 31.2. The number of alkyl carbamates (subject to hydrolysis) is 1. The number of hydrogen-bond donors (Lipinski definition) is 3. The lowest BCUT2D eigenvalue weighted by atomic mass is 10.0. The summed E-state index contributed by atoms with van der Waals surface area (Å²) in [5.74, 6) is -3.19. The number of carbonyl (C=O) groups is 5. The van der Waals surface area contributed by atoms with Gasteiger partial charge in [0.15, 0.2) is 0 Å². The predicted molar refractivity (Wildman–Crippen MR) is 191 cm³/mol. The Hall–Kier alpha value is -4.25. The van der Waals surface area contributed by atoms with E-state index in [9.17, 15) is 36.8 Å². The van der Waals surface area contributed by atoms with Gasteiger partial charge in [-0.2, -0.15) is 0 Å². The zero-order chi connectivity index (χ0) is 39.1. The number of nitrogens with zero attached hydrogens (tertiary/aromatic N) is 2. The normalized spacial score (nSPS) is 28.6. The molecular formula is C37H50FN5O10S. The molecule has 5 aliphatic rings. The minimum Gasteiger partial charge on any atom is -0.444 e. The maximum atomic E-state index is 14.4. The molecule has 0 spiro atoms. The van der Waals surface area contributed by atoms with Gasteiger partial charge in [0, 0.05) is 31.6 Å². The Bertz CT molecular complexity index is 1810. The second kappa shape index (κ2) is 15.1. The Morgan fingerprint density at radius 1 is 1.09 bits per heavy atom. The molecular weight excluding hydrogens is 725 g/mol. The third-order valence-corrected chi connectivity index (χ3v) is 12.9. The van der Waals surface area contributed by atoms with Crippen LogP contribution in [0.1, 0.15) is 89.7 Å². The van der Waals surface area contributed by atoms with Gasteiger partial charge in [-0.05, 0) is 70.9 Å². The van der Waals surface area contributed by atoms with Crippen LogP contribution in [0.3, 0.4) is 0 Å². The molecule has 3 aliphatic heterocycles. The molecule has 296 valence electrons. The Morgan fingerprint density at radius 2 is 1.85 bits per heavy atom. The van der Waals surface area contributed by atoms with E-state index in [0.717, 1.165) is 6.42 Å². The molecule has 2 aliphatic carbocycles. The van der Waals surface area contributed by atoms with Gasteiger partial charge in [-0.1, -0.05) is 37.1 Å². The molecule has 1 aromatic carbocycles.